The highest BCUT2D eigenvalue weighted by atomic mass is 16.5. The van der Waals surface area contributed by atoms with Crippen molar-refractivity contribution in [2.45, 2.75) is 20.5 Å². The molecular formula is C24H21N3O4. The molecule has 1 N–H and O–H groups in total. The van der Waals surface area contributed by atoms with Crippen LogP contribution in [0.25, 0.3) is 11.7 Å². The Bertz CT molecular complexity index is 1320. The zero-order chi connectivity index (χ0) is 21.8. The first-order valence-electron chi connectivity index (χ1n) is 9.75. The van der Waals surface area contributed by atoms with Gasteiger partial charge in [-0.2, -0.15) is 0 Å². The van der Waals surface area contributed by atoms with Crippen LogP contribution in [0.3, 0.4) is 0 Å². The maximum absolute atomic E-state index is 12.4. The van der Waals surface area contributed by atoms with Crippen LogP contribution in [0.2, 0.25) is 0 Å². The van der Waals surface area contributed by atoms with Crippen LogP contribution in [-0.4, -0.2) is 15.5 Å². The molecule has 0 aliphatic carbocycles. The Labute approximate surface area is 178 Å². The van der Waals surface area contributed by atoms with Crippen molar-refractivity contribution in [3.63, 3.8) is 0 Å². The summed E-state index contributed by atoms with van der Waals surface area (Å²) in [5.74, 6) is 0.811. The Morgan fingerprint density at radius 2 is 1.94 bits per heavy atom. The summed E-state index contributed by atoms with van der Waals surface area (Å²) in [5, 5.41) is 2.84. The first kappa shape index (κ1) is 20.2. The maximum Gasteiger partial charge on any atom is 0.287 e. The van der Waals surface area contributed by atoms with E-state index in [2.05, 4.69) is 10.3 Å². The summed E-state index contributed by atoms with van der Waals surface area (Å²) in [6, 6.07) is 18.1. The summed E-state index contributed by atoms with van der Waals surface area (Å²) < 4.78 is 12.3. The van der Waals surface area contributed by atoms with Gasteiger partial charge in [-0.1, -0.05) is 36.4 Å². The van der Waals surface area contributed by atoms with Crippen molar-refractivity contribution in [2.24, 2.45) is 0 Å². The minimum atomic E-state index is -0.319. The summed E-state index contributed by atoms with van der Waals surface area (Å²) in [4.78, 5) is 29.0. The fourth-order valence-electron chi connectivity index (χ4n) is 3.06. The lowest BCUT2D eigenvalue weighted by Crippen LogP contribution is -2.15. The van der Waals surface area contributed by atoms with Crippen LogP contribution < -0.4 is 15.6 Å². The molecule has 7 nitrogen and oxygen atoms in total. The van der Waals surface area contributed by atoms with Gasteiger partial charge in [0.05, 0.1) is 11.4 Å². The molecule has 1 amide bonds. The fraction of sp³-hybridized carbons (Fsp3) is 0.125. The molecule has 0 aliphatic rings. The number of rotatable bonds is 6. The molecule has 4 aromatic rings. The van der Waals surface area contributed by atoms with E-state index < -0.39 is 0 Å². The highest BCUT2D eigenvalue weighted by Gasteiger charge is 2.10. The minimum Gasteiger partial charge on any atom is -0.485 e. The van der Waals surface area contributed by atoms with E-state index in [0.29, 0.717) is 28.5 Å². The number of nitrogens with one attached hydrogen (secondary N) is 1. The molecule has 0 fully saturated rings. The van der Waals surface area contributed by atoms with E-state index in [4.69, 9.17) is 9.26 Å². The summed E-state index contributed by atoms with van der Waals surface area (Å²) in [5.41, 5.74) is 3.01. The molecule has 2 aromatic heterocycles. The van der Waals surface area contributed by atoms with Gasteiger partial charge in [0.1, 0.15) is 18.1 Å². The summed E-state index contributed by atoms with van der Waals surface area (Å²) >= 11 is 0. The Balaban J connectivity index is 1.50. The summed E-state index contributed by atoms with van der Waals surface area (Å²) in [6.45, 7) is 3.75. The van der Waals surface area contributed by atoms with Gasteiger partial charge in [-0.25, -0.2) is 4.98 Å². The van der Waals surface area contributed by atoms with Gasteiger partial charge in [0.15, 0.2) is 5.65 Å². The number of ether oxygens (including phenoxy) is 1. The average Bonchev–Trinajstić information content (AvgIpc) is 3.14. The number of nitrogens with zero attached hydrogens (tertiary/aromatic N) is 2. The Morgan fingerprint density at radius 3 is 2.74 bits per heavy atom. The second-order valence-electron chi connectivity index (χ2n) is 7.11. The predicted octanol–water partition coefficient (Wildman–Crippen LogP) is 4.14. The fourth-order valence-corrected chi connectivity index (χ4v) is 3.06. The van der Waals surface area contributed by atoms with E-state index in [0.717, 1.165) is 15.7 Å². The lowest BCUT2D eigenvalue weighted by Gasteiger charge is -2.12. The van der Waals surface area contributed by atoms with Gasteiger partial charge in [-0.15, -0.1) is 4.57 Å². The van der Waals surface area contributed by atoms with Gasteiger partial charge in [0, 0.05) is 18.2 Å². The molecule has 0 saturated carbocycles. The van der Waals surface area contributed by atoms with Crippen molar-refractivity contribution >= 4 is 23.3 Å². The molecule has 0 bridgehead atoms. The van der Waals surface area contributed by atoms with Crippen LogP contribution in [-0.2, 0) is 11.4 Å². The van der Waals surface area contributed by atoms with Gasteiger partial charge in [0.2, 0.25) is 5.91 Å². The molecule has 0 saturated heterocycles. The Hall–Kier alpha value is -4.13. The number of anilines is 1. The van der Waals surface area contributed by atoms with Crippen molar-refractivity contribution in [1.29, 1.82) is 0 Å². The standard InChI is InChI=1S/C24H21N3O4/c1-16-8-10-20(26-23(28)11-9-18-6-4-3-5-7-18)21(12-16)30-15-19-14-24(29)27-22(25-19)13-17(2)31-27/h3-14H,15H2,1-2H3,(H,26,28). The van der Waals surface area contributed by atoms with Crippen molar-refractivity contribution in [3.05, 3.63) is 99.7 Å². The molecule has 0 radical (unpaired) electrons. The normalized spacial score (nSPS) is 11.2. The quantitative estimate of drug-likeness (QED) is 0.479. The molecule has 2 aromatic carbocycles. The molecule has 0 spiro atoms. The lowest BCUT2D eigenvalue weighted by atomic mass is 10.2. The van der Waals surface area contributed by atoms with Gasteiger partial charge < -0.3 is 14.6 Å². The maximum atomic E-state index is 12.4. The van der Waals surface area contributed by atoms with E-state index in [-0.39, 0.29) is 18.1 Å². The van der Waals surface area contributed by atoms with Crippen LogP contribution in [0, 0.1) is 13.8 Å². The van der Waals surface area contributed by atoms with E-state index >= 15 is 0 Å². The van der Waals surface area contributed by atoms with Gasteiger partial charge in [0.25, 0.3) is 5.56 Å². The topological polar surface area (TPSA) is 85.8 Å². The first-order valence-corrected chi connectivity index (χ1v) is 9.75. The Morgan fingerprint density at radius 1 is 1.13 bits per heavy atom. The van der Waals surface area contributed by atoms with Crippen molar-refractivity contribution < 1.29 is 14.1 Å². The largest absolute Gasteiger partial charge is 0.485 e. The lowest BCUT2D eigenvalue weighted by molar-refractivity contribution is -0.111. The van der Waals surface area contributed by atoms with Gasteiger partial charge >= 0.3 is 0 Å². The number of hydrogen-bond donors (Lipinski definition) is 1. The van der Waals surface area contributed by atoms with E-state index in [1.807, 2.05) is 49.4 Å². The third-order valence-electron chi connectivity index (χ3n) is 4.52. The second-order valence-corrected chi connectivity index (χ2v) is 7.11. The zero-order valence-electron chi connectivity index (χ0n) is 17.2. The highest BCUT2D eigenvalue weighted by molar-refractivity contribution is 6.02. The van der Waals surface area contributed by atoms with Crippen LogP contribution >= 0.6 is 0 Å². The van der Waals surface area contributed by atoms with Crippen LogP contribution in [0.5, 0.6) is 5.75 Å². The number of carbonyl (C=O) groups excluding carboxylic acids is 1. The van der Waals surface area contributed by atoms with Crippen molar-refractivity contribution in [3.8, 4) is 5.75 Å². The molecule has 2 heterocycles. The number of aryl methyl sites for hydroxylation is 2. The van der Waals surface area contributed by atoms with Crippen LogP contribution in [0.4, 0.5) is 5.69 Å². The monoisotopic (exact) mass is 415 g/mol. The number of carbonyl (C=O) groups is 1. The number of fused-ring (bicyclic) bond motifs is 1. The zero-order valence-corrected chi connectivity index (χ0v) is 17.2. The molecule has 156 valence electrons. The number of amides is 1. The molecule has 0 aliphatic heterocycles. The second kappa shape index (κ2) is 8.71. The van der Waals surface area contributed by atoms with Crippen molar-refractivity contribution in [1.82, 2.24) is 9.56 Å². The third-order valence-corrected chi connectivity index (χ3v) is 4.52. The molecular weight excluding hydrogens is 394 g/mol. The highest BCUT2D eigenvalue weighted by Crippen LogP contribution is 2.26. The smallest absolute Gasteiger partial charge is 0.287 e. The van der Waals surface area contributed by atoms with Crippen LogP contribution in [0.15, 0.2) is 76.1 Å². The van der Waals surface area contributed by atoms with E-state index in [1.165, 1.54) is 12.1 Å². The SMILES string of the molecule is Cc1ccc(NC(=O)C=Cc2ccccc2)c(OCc2cc(=O)n3oc(C)cc3n2)c1. The molecule has 0 unspecified atom stereocenters. The first-order chi connectivity index (χ1) is 15.0. The van der Waals surface area contributed by atoms with Crippen molar-refractivity contribution in [2.75, 3.05) is 5.32 Å². The van der Waals surface area contributed by atoms with Crippen LogP contribution in [0.1, 0.15) is 22.6 Å². The number of benzene rings is 2. The molecule has 4 rings (SSSR count). The summed E-state index contributed by atoms with van der Waals surface area (Å²) in [7, 11) is 0. The van der Waals surface area contributed by atoms with Gasteiger partial charge in [-0.3, -0.25) is 9.59 Å². The third kappa shape index (κ3) is 4.90. The van der Waals surface area contributed by atoms with E-state index in [1.54, 1.807) is 25.1 Å². The molecule has 0 atom stereocenters. The number of aromatic nitrogens is 2. The van der Waals surface area contributed by atoms with Gasteiger partial charge in [-0.05, 0) is 43.2 Å². The number of hydrogen-bond acceptors (Lipinski definition) is 5. The minimum absolute atomic E-state index is 0.0716. The summed E-state index contributed by atoms with van der Waals surface area (Å²) in [6.07, 6.45) is 3.21. The van der Waals surface area contributed by atoms with E-state index in [9.17, 15) is 9.59 Å². The predicted molar refractivity (Wildman–Crippen MR) is 118 cm³/mol. The molecule has 7 heteroatoms. The Kier molecular flexibility index (Phi) is 5.66. The molecule has 31 heavy (non-hydrogen) atoms. The average molecular weight is 415 g/mol.